The summed E-state index contributed by atoms with van der Waals surface area (Å²) in [6.07, 6.45) is 2.93. The summed E-state index contributed by atoms with van der Waals surface area (Å²) >= 11 is 0. The van der Waals surface area contributed by atoms with Crippen LogP contribution in [-0.2, 0) is 11.3 Å². The first kappa shape index (κ1) is 25.3. The van der Waals surface area contributed by atoms with Gasteiger partial charge in [0.2, 0.25) is 0 Å². The Kier molecular flexibility index (Phi) is 11.2. The lowest BCUT2D eigenvalue weighted by Gasteiger charge is -2.19. The SMILES string of the molecule is CN=C(NCCCNC(=O)OC(C)(C)C)NCc1ccccc1OCC1CC1.I. The van der Waals surface area contributed by atoms with Crippen molar-refractivity contribution in [2.24, 2.45) is 10.9 Å². The second-order valence-electron chi connectivity index (χ2n) is 8.00. The zero-order valence-electron chi connectivity index (χ0n) is 17.9. The number of nitrogens with one attached hydrogen (secondary N) is 3. The first-order valence-corrected chi connectivity index (χ1v) is 9.99. The Morgan fingerprint density at radius 2 is 1.83 bits per heavy atom. The Hall–Kier alpha value is -1.71. The van der Waals surface area contributed by atoms with Crippen molar-refractivity contribution in [2.45, 2.75) is 52.2 Å². The van der Waals surface area contributed by atoms with Crippen LogP contribution in [0.2, 0.25) is 0 Å². The van der Waals surface area contributed by atoms with Crippen LogP contribution < -0.4 is 20.7 Å². The average molecular weight is 518 g/mol. The predicted molar refractivity (Wildman–Crippen MR) is 127 cm³/mol. The number of hydrogen-bond acceptors (Lipinski definition) is 4. The fourth-order valence-corrected chi connectivity index (χ4v) is 2.48. The van der Waals surface area contributed by atoms with E-state index in [4.69, 9.17) is 9.47 Å². The topological polar surface area (TPSA) is 84.0 Å². The number of halogens is 1. The highest BCUT2D eigenvalue weighted by atomic mass is 127. The maximum absolute atomic E-state index is 11.6. The van der Waals surface area contributed by atoms with Gasteiger partial charge < -0.3 is 25.4 Å². The minimum atomic E-state index is -0.479. The molecule has 164 valence electrons. The lowest BCUT2D eigenvalue weighted by atomic mass is 10.2. The third kappa shape index (κ3) is 11.2. The van der Waals surface area contributed by atoms with Gasteiger partial charge in [0.1, 0.15) is 11.4 Å². The Balaban J connectivity index is 0.00000420. The van der Waals surface area contributed by atoms with E-state index in [0.717, 1.165) is 30.3 Å². The highest BCUT2D eigenvalue weighted by Gasteiger charge is 2.22. The van der Waals surface area contributed by atoms with Crippen molar-refractivity contribution in [1.82, 2.24) is 16.0 Å². The first-order valence-electron chi connectivity index (χ1n) is 9.99. The average Bonchev–Trinajstić information content (AvgIpc) is 3.46. The van der Waals surface area contributed by atoms with Crippen LogP contribution >= 0.6 is 24.0 Å². The number of nitrogens with zero attached hydrogens (tertiary/aromatic N) is 1. The fourth-order valence-electron chi connectivity index (χ4n) is 2.48. The number of carbonyl (C=O) groups is 1. The smallest absolute Gasteiger partial charge is 0.407 e. The molecule has 1 amide bonds. The molecule has 0 aliphatic heterocycles. The molecule has 3 N–H and O–H groups in total. The quantitative estimate of drug-likeness (QED) is 0.201. The molecule has 1 aromatic carbocycles. The van der Waals surface area contributed by atoms with Gasteiger partial charge in [-0.25, -0.2) is 4.79 Å². The van der Waals surface area contributed by atoms with E-state index in [1.165, 1.54) is 12.8 Å². The van der Waals surface area contributed by atoms with Crippen LogP contribution in [0, 0.1) is 5.92 Å². The highest BCUT2D eigenvalue weighted by Crippen LogP contribution is 2.30. The molecule has 1 fully saturated rings. The number of alkyl carbamates (subject to hydrolysis) is 1. The molecule has 0 atom stereocenters. The third-order valence-electron chi connectivity index (χ3n) is 4.13. The van der Waals surface area contributed by atoms with E-state index in [2.05, 4.69) is 27.0 Å². The van der Waals surface area contributed by atoms with Crippen LogP contribution in [-0.4, -0.2) is 44.4 Å². The van der Waals surface area contributed by atoms with Crippen LogP contribution in [0.4, 0.5) is 4.79 Å². The highest BCUT2D eigenvalue weighted by molar-refractivity contribution is 14.0. The number of aliphatic imine (C=N–C) groups is 1. The van der Waals surface area contributed by atoms with Crippen molar-refractivity contribution < 1.29 is 14.3 Å². The van der Waals surface area contributed by atoms with Gasteiger partial charge in [-0.1, -0.05) is 18.2 Å². The lowest BCUT2D eigenvalue weighted by molar-refractivity contribution is 0.0527. The summed E-state index contributed by atoms with van der Waals surface area (Å²) in [4.78, 5) is 15.8. The molecule has 7 nitrogen and oxygen atoms in total. The van der Waals surface area contributed by atoms with Gasteiger partial charge in [0.05, 0.1) is 6.61 Å². The molecule has 0 spiro atoms. The molecule has 1 aliphatic carbocycles. The lowest BCUT2D eigenvalue weighted by Crippen LogP contribution is -2.39. The van der Waals surface area contributed by atoms with Crippen molar-refractivity contribution in [2.75, 3.05) is 26.7 Å². The minimum absolute atomic E-state index is 0. The van der Waals surface area contributed by atoms with Crippen molar-refractivity contribution >= 4 is 36.0 Å². The molecule has 0 saturated heterocycles. The number of benzene rings is 1. The molecular weight excluding hydrogens is 483 g/mol. The molecule has 8 heteroatoms. The number of ether oxygens (including phenoxy) is 2. The van der Waals surface area contributed by atoms with Gasteiger partial charge in [-0.05, 0) is 52.0 Å². The van der Waals surface area contributed by atoms with Crippen LogP contribution in [0.3, 0.4) is 0 Å². The Labute approximate surface area is 191 Å². The molecule has 29 heavy (non-hydrogen) atoms. The molecule has 2 rings (SSSR count). The molecule has 0 unspecified atom stereocenters. The van der Waals surface area contributed by atoms with Gasteiger partial charge >= 0.3 is 6.09 Å². The third-order valence-corrected chi connectivity index (χ3v) is 4.13. The van der Waals surface area contributed by atoms with Crippen LogP contribution in [0.5, 0.6) is 5.75 Å². The number of para-hydroxylation sites is 1. The summed E-state index contributed by atoms with van der Waals surface area (Å²) in [6, 6.07) is 8.08. The standard InChI is InChI=1S/C21H34N4O3.HI/c1-21(2,3)28-20(26)24-13-7-12-23-19(22-4)25-14-17-8-5-6-9-18(17)27-15-16-10-11-16;/h5-6,8-9,16H,7,10-15H2,1-4H3,(H,24,26)(H2,22,23,25);1H. The second kappa shape index (κ2) is 12.8. The summed E-state index contributed by atoms with van der Waals surface area (Å²) in [5.41, 5.74) is 0.630. The van der Waals surface area contributed by atoms with E-state index in [1.807, 2.05) is 39.0 Å². The first-order chi connectivity index (χ1) is 13.4. The maximum Gasteiger partial charge on any atom is 0.407 e. The van der Waals surface area contributed by atoms with Gasteiger partial charge in [0.15, 0.2) is 5.96 Å². The normalized spacial score (nSPS) is 13.9. The molecule has 0 radical (unpaired) electrons. The zero-order valence-corrected chi connectivity index (χ0v) is 20.2. The number of carbonyl (C=O) groups excluding carboxylic acids is 1. The van der Waals surface area contributed by atoms with Crippen LogP contribution in [0.1, 0.15) is 45.6 Å². The predicted octanol–water partition coefficient (Wildman–Crippen LogP) is 3.67. The Morgan fingerprint density at radius 3 is 2.48 bits per heavy atom. The van der Waals surface area contributed by atoms with Crippen LogP contribution in [0.25, 0.3) is 0 Å². The molecule has 0 heterocycles. The van der Waals surface area contributed by atoms with Crippen molar-refractivity contribution in [1.29, 1.82) is 0 Å². The van der Waals surface area contributed by atoms with E-state index in [0.29, 0.717) is 25.6 Å². The van der Waals surface area contributed by atoms with Gasteiger partial charge in [-0.2, -0.15) is 0 Å². The number of guanidine groups is 1. The summed E-state index contributed by atoms with van der Waals surface area (Å²) in [6.45, 7) is 8.20. The minimum Gasteiger partial charge on any atom is -0.493 e. The number of hydrogen-bond donors (Lipinski definition) is 3. The molecule has 0 aromatic heterocycles. The zero-order chi connectivity index (χ0) is 20.4. The van der Waals surface area contributed by atoms with Gasteiger partial charge in [0.25, 0.3) is 0 Å². The molecular formula is C21H35IN4O3. The van der Waals surface area contributed by atoms with E-state index in [9.17, 15) is 4.79 Å². The molecule has 1 aromatic rings. The van der Waals surface area contributed by atoms with Crippen molar-refractivity contribution in [3.05, 3.63) is 29.8 Å². The Morgan fingerprint density at radius 1 is 1.14 bits per heavy atom. The van der Waals surface area contributed by atoms with Crippen molar-refractivity contribution in [3.8, 4) is 5.75 Å². The maximum atomic E-state index is 11.6. The van der Waals surface area contributed by atoms with Gasteiger partial charge in [-0.3, -0.25) is 4.99 Å². The van der Waals surface area contributed by atoms with E-state index < -0.39 is 11.7 Å². The summed E-state index contributed by atoms with van der Waals surface area (Å²) in [7, 11) is 1.74. The molecule has 0 bridgehead atoms. The number of rotatable bonds is 9. The van der Waals surface area contributed by atoms with Gasteiger partial charge in [-0.15, -0.1) is 24.0 Å². The van der Waals surface area contributed by atoms with E-state index in [1.54, 1.807) is 7.05 Å². The number of amides is 1. The van der Waals surface area contributed by atoms with Crippen LogP contribution in [0.15, 0.2) is 29.3 Å². The van der Waals surface area contributed by atoms with E-state index >= 15 is 0 Å². The van der Waals surface area contributed by atoms with Crippen molar-refractivity contribution in [3.63, 3.8) is 0 Å². The largest absolute Gasteiger partial charge is 0.493 e. The molecule has 1 saturated carbocycles. The summed E-state index contributed by atoms with van der Waals surface area (Å²) in [5, 5.41) is 9.30. The fraction of sp³-hybridized carbons (Fsp3) is 0.619. The van der Waals surface area contributed by atoms with Gasteiger partial charge in [0, 0.05) is 32.2 Å². The Bertz CT molecular complexity index is 658. The second-order valence-corrected chi connectivity index (χ2v) is 8.00. The summed E-state index contributed by atoms with van der Waals surface area (Å²) < 4.78 is 11.1. The van der Waals surface area contributed by atoms with E-state index in [-0.39, 0.29) is 24.0 Å². The summed E-state index contributed by atoms with van der Waals surface area (Å²) in [5.74, 6) is 2.37. The monoisotopic (exact) mass is 518 g/mol. The molecule has 1 aliphatic rings.